The Kier molecular flexibility index (Phi) is 2.54. The summed E-state index contributed by atoms with van der Waals surface area (Å²) in [5, 5.41) is 6.10. The largest absolute Gasteiger partial charge is 0.459 e. The van der Waals surface area contributed by atoms with Crippen molar-refractivity contribution in [3.8, 4) is 0 Å². The Balaban J connectivity index is 1.95. The van der Waals surface area contributed by atoms with Gasteiger partial charge in [0.25, 0.3) is 5.91 Å². The summed E-state index contributed by atoms with van der Waals surface area (Å²) in [5.74, 6) is 0.279. The average Bonchev–Trinajstić information content (AvgIpc) is 2.75. The summed E-state index contributed by atoms with van der Waals surface area (Å²) in [5.41, 5.74) is 0.972. The van der Waals surface area contributed by atoms with Crippen LogP contribution in [0.1, 0.15) is 22.5 Å². The van der Waals surface area contributed by atoms with Gasteiger partial charge in [-0.3, -0.25) is 4.79 Å². The van der Waals surface area contributed by atoms with Crippen LogP contribution in [0, 0.1) is 6.92 Å². The molecule has 2 heterocycles. The van der Waals surface area contributed by atoms with Crippen LogP contribution in [0.4, 0.5) is 0 Å². The summed E-state index contributed by atoms with van der Waals surface area (Å²) in [6.07, 6.45) is 2.58. The SMILES string of the molecule is Cc1coc(C(=O)NC2CCNC2)c1. The van der Waals surface area contributed by atoms with Crippen LogP contribution >= 0.6 is 0 Å². The molecule has 4 heteroatoms. The van der Waals surface area contributed by atoms with Crippen LogP contribution < -0.4 is 10.6 Å². The Morgan fingerprint density at radius 1 is 1.71 bits per heavy atom. The quantitative estimate of drug-likeness (QED) is 0.728. The van der Waals surface area contributed by atoms with Gasteiger partial charge >= 0.3 is 0 Å². The molecule has 1 saturated heterocycles. The molecule has 1 aliphatic heterocycles. The molecule has 1 aliphatic rings. The zero-order valence-electron chi connectivity index (χ0n) is 8.17. The summed E-state index contributed by atoms with van der Waals surface area (Å²) in [6.45, 7) is 3.73. The van der Waals surface area contributed by atoms with Gasteiger partial charge in [0.05, 0.1) is 6.26 Å². The molecule has 2 rings (SSSR count). The fraction of sp³-hybridized carbons (Fsp3) is 0.500. The van der Waals surface area contributed by atoms with E-state index in [4.69, 9.17) is 4.42 Å². The number of hydrogen-bond donors (Lipinski definition) is 2. The molecule has 1 fully saturated rings. The number of furan rings is 1. The number of amides is 1. The zero-order chi connectivity index (χ0) is 9.97. The predicted octanol–water partition coefficient (Wildman–Crippen LogP) is 0.680. The van der Waals surface area contributed by atoms with E-state index < -0.39 is 0 Å². The van der Waals surface area contributed by atoms with Gasteiger partial charge in [0.2, 0.25) is 0 Å². The molecule has 0 bridgehead atoms. The number of carbonyl (C=O) groups excluding carboxylic acids is 1. The van der Waals surface area contributed by atoms with E-state index in [1.54, 1.807) is 12.3 Å². The van der Waals surface area contributed by atoms with Crippen molar-refractivity contribution in [2.45, 2.75) is 19.4 Å². The Morgan fingerprint density at radius 3 is 3.14 bits per heavy atom. The second kappa shape index (κ2) is 3.84. The van der Waals surface area contributed by atoms with Crippen LogP contribution in [-0.4, -0.2) is 25.0 Å². The van der Waals surface area contributed by atoms with Gasteiger partial charge < -0.3 is 15.1 Å². The van der Waals surface area contributed by atoms with Gasteiger partial charge in [0.15, 0.2) is 5.76 Å². The molecule has 14 heavy (non-hydrogen) atoms. The number of nitrogens with one attached hydrogen (secondary N) is 2. The summed E-state index contributed by atoms with van der Waals surface area (Å²) >= 11 is 0. The van der Waals surface area contributed by atoms with E-state index in [9.17, 15) is 4.79 Å². The van der Waals surface area contributed by atoms with Crippen LogP contribution in [0.2, 0.25) is 0 Å². The second-order valence-electron chi connectivity index (χ2n) is 3.65. The lowest BCUT2D eigenvalue weighted by Gasteiger charge is -2.08. The van der Waals surface area contributed by atoms with Crippen molar-refractivity contribution in [1.82, 2.24) is 10.6 Å². The normalized spacial score (nSPS) is 21.1. The third-order valence-corrected chi connectivity index (χ3v) is 2.35. The van der Waals surface area contributed by atoms with E-state index in [0.717, 1.165) is 25.1 Å². The molecule has 0 radical (unpaired) electrons. The van der Waals surface area contributed by atoms with Crippen molar-refractivity contribution in [3.05, 3.63) is 23.7 Å². The minimum Gasteiger partial charge on any atom is -0.459 e. The molecular weight excluding hydrogens is 180 g/mol. The van der Waals surface area contributed by atoms with Gasteiger partial charge in [-0.2, -0.15) is 0 Å². The molecule has 0 spiro atoms. The van der Waals surface area contributed by atoms with Crippen LogP contribution in [0.25, 0.3) is 0 Å². The number of carbonyl (C=O) groups is 1. The highest BCUT2D eigenvalue weighted by Crippen LogP contribution is 2.07. The minimum atomic E-state index is -0.119. The molecule has 4 nitrogen and oxygen atoms in total. The summed E-state index contributed by atoms with van der Waals surface area (Å²) in [7, 11) is 0. The fourth-order valence-corrected chi connectivity index (χ4v) is 1.58. The first kappa shape index (κ1) is 9.27. The number of hydrogen-bond acceptors (Lipinski definition) is 3. The molecule has 2 N–H and O–H groups in total. The van der Waals surface area contributed by atoms with E-state index in [-0.39, 0.29) is 11.9 Å². The van der Waals surface area contributed by atoms with Gasteiger partial charge in [0, 0.05) is 12.6 Å². The maximum atomic E-state index is 11.6. The molecule has 0 aliphatic carbocycles. The van der Waals surface area contributed by atoms with E-state index in [2.05, 4.69) is 10.6 Å². The summed E-state index contributed by atoms with van der Waals surface area (Å²) in [4.78, 5) is 11.6. The van der Waals surface area contributed by atoms with Gasteiger partial charge in [-0.25, -0.2) is 0 Å². The van der Waals surface area contributed by atoms with E-state index in [0.29, 0.717) is 5.76 Å². The molecular formula is C10H14N2O2. The molecule has 1 atom stereocenters. The average molecular weight is 194 g/mol. The number of aryl methyl sites for hydroxylation is 1. The molecule has 76 valence electrons. The molecule has 1 aromatic rings. The lowest BCUT2D eigenvalue weighted by atomic mass is 10.2. The molecule has 1 aromatic heterocycles. The van der Waals surface area contributed by atoms with Crippen LogP contribution in [0.5, 0.6) is 0 Å². The van der Waals surface area contributed by atoms with Crippen LogP contribution in [0.3, 0.4) is 0 Å². The third kappa shape index (κ3) is 1.96. The van der Waals surface area contributed by atoms with Crippen molar-refractivity contribution in [1.29, 1.82) is 0 Å². The van der Waals surface area contributed by atoms with Crippen LogP contribution in [-0.2, 0) is 0 Å². The van der Waals surface area contributed by atoms with Crippen molar-refractivity contribution in [3.63, 3.8) is 0 Å². The maximum absolute atomic E-state index is 11.6. The lowest BCUT2D eigenvalue weighted by molar-refractivity contribution is 0.0912. The smallest absolute Gasteiger partial charge is 0.287 e. The predicted molar refractivity (Wildman–Crippen MR) is 52.2 cm³/mol. The standard InChI is InChI=1S/C10H14N2O2/c1-7-4-9(14-6-7)10(13)12-8-2-3-11-5-8/h4,6,8,11H,2-3,5H2,1H3,(H,12,13). The monoisotopic (exact) mass is 194 g/mol. The second-order valence-corrected chi connectivity index (χ2v) is 3.65. The molecule has 1 amide bonds. The molecule has 0 saturated carbocycles. The topological polar surface area (TPSA) is 54.3 Å². The fourth-order valence-electron chi connectivity index (χ4n) is 1.58. The summed E-state index contributed by atoms with van der Waals surface area (Å²) in [6, 6.07) is 1.99. The van der Waals surface area contributed by atoms with Crippen molar-refractivity contribution in [2.24, 2.45) is 0 Å². The Labute approximate surface area is 82.7 Å². The molecule has 0 aromatic carbocycles. The maximum Gasteiger partial charge on any atom is 0.287 e. The van der Waals surface area contributed by atoms with E-state index in [1.165, 1.54) is 0 Å². The van der Waals surface area contributed by atoms with E-state index >= 15 is 0 Å². The van der Waals surface area contributed by atoms with Gasteiger partial charge in [0.1, 0.15) is 0 Å². The first-order valence-electron chi connectivity index (χ1n) is 4.82. The number of rotatable bonds is 2. The highest BCUT2D eigenvalue weighted by molar-refractivity contribution is 5.91. The Bertz CT molecular complexity index is 327. The molecule has 1 unspecified atom stereocenters. The first-order chi connectivity index (χ1) is 6.75. The minimum absolute atomic E-state index is 0.119. The summed E-state index contributed by atoms with van der Waals surface area (Å²) < 4.78 is 5.10. The van der Waals surface area contributed by atoms with Crippen molar-refractivity contribution < 1.29 is 9.21 Å². The Hall–Kier alpha value is -1.29. The van der Waals surface area contributed by atoms with Gasteiger partial charge in [-0.05, 0) is 31.5 Å². The zero-order valence-corrected chi connectivity index (χ0v) is 8.17. The first-order valence-corrected chi connectivity index (χ1v) is 4.82. The highest BCUT2D eigenvalue weighted by Gasteiger charge is 2.18. The van der Waals surface area contributed by atoms with Crippen molar-refractivity contribution >= 4 is 5.91 Å². The Morgan fingerprint density at radius 2 is 2.57 bits per heavy atom. The van der Waals surface area contributed by atoms with Gasteiger partial charge in [-0.15, -0.1) is 0 Å². The van der Waals surface area contributed by atoms with Crippen LogP contribution in [0.15, 0.2) is 16.7 Å². The van der Waals surface area contributed by atoms with Gasteiger partial charge in [-0.1, -0.05) is 0 Å². The third-order valence-electron chi connectivity index (χ3n) is 2.35. The lowest BCUT2D eigenvalue weighted by Crippen LogP contribution is -2.35. The highest BCUT2D eigenvalue weighted by atomic mass is 16.3. The van der Waals surface area contributed by atoms with Crippen molar-refractivity contribution in [2.75, 3.05) is 13.1 Å². The van der Waals surface area contributed by atoms with E-state index in [1.807, 2.05) is 6.92 Å².